The lowest BCUT2D eigenvalue weighted by molar-refractivity contribution is -0.138. The molecule has 4 heterocycles. The minimum Gasteiger partial charge on any atom is -0.394 e. The van der Waals surface area contributed by atoms with Gasteiger partial charge in [0.05, 0.1) is 29.6 Å². The van der Waals surface area contributed by atoms with Crippen LogP contribution >= 0.6 is 0 Å². The summed E-state index contributed by atoms with van der Waals surface area (Å²) >= 11 is 0. The van der Waals surface area contributed by atoms with E-state index in [0.29, 0.717) is 6.20 Å². The molecule has 36 heavy (non-hydrogen) atoms. The van der Waals surface area contributed by atoms with Gasteiger partial charge >= 0.3 is 12.4 Å². The second kappa shape index (κ2) is 9.49. The Morgan fingerprint density at radius 3 is 2.33 bits per heavy atom. The number of aliphatic hydroxyl groups excluding tert-OH is 1. The summed E-state index contributed by atoms with van der Waals surface area (Å²) in [6, 6.07) is 3.62. The van der Waals surface area contributed by atoms with Gasteiger partial charge in [0.2, 0.25) is 0 Å². The van der Waals surface area contributed by atoms with Crippen molar-refractivity contribution in [3.05, 3.63) is 54.0 Å². The molecule has 0 bridgehead atoms. The van der Waals surface area contributed by atoms with Crippen molar-refractivity contribution in [1.29, 1.82) is 0 Å². The van der Waals surface area contributed by atoms with Gasteiger partial charge in [-0.3, -0.25) is 0 Å². The van der Waals surface area contributed by atoms with E-state index in [2.05, 4.69) is 40.8 Å². The third-order valence-corrected chi connectivity index (χ3v) is 4.81. The molecule has 4 aromatic rings. The van der Waals surface area contributed by atoms with Crippen LogP contribution in [0.15, 0.2) is 42.9 Å². The minimum atomic E-state index is -4.80. The highest BCUT2D eigenvalue weighted by atomic mass is 19.4. The van der Waals surface area contributed by atoms with E-state index in [1.807, 2.05) is 0 Å². The molecule has 188 valence electrons. The van der Waals surface area contributed by atoms with Crippen LogP contribution in [0.3, 0.4) is 0 Å². The number of pyridine rings is 2. The number of hydrogen-bond acceptors (Lipinski definition) is 9. The van der Waals surface area contributed by atoms with Gasteiger partial charge in [0.15, 0.2) is 5.65 Å². The molecule has 1 unspecified atom stereocenters. The third kappa shape index (κ3) is 5.40. The Morgan fingerprint density at radius 2 is 1.69 bits per heavy atom. The van der Waals surface area contributed by atoms with Gasteiger partial charge in [-0.25, -0.2) is 19.9 Å². The van der Waals surface area contributed by atoms with Crippen molar-refractivity contribution in [2.45, 2.75) is 25.3 Å². The number of anilines is 3. The zero-order chi connectivity index (χ0) is 26.1. The van der Waals surface area contributed by atoms with Crippen LogP contribution in [0, 0.1) is 0 Å². The smallest absolute Gasteiger partial charge is 0.394 e. The first kappa shape index (κ1) is 25.0. The van der Waals surface area contributed by atoms with Crippen LogP contribution in [0.4, 0.5) is 43.7 Å². The molecule has 4 rings (SSSR count). The number of alkyl halides is 6. The van der Waals surface area contributed by atoms with Crippen LogP contribution < -0.4 is 10.6 Å². The number of hydrogen-bond donors (Lipinski definition) is 3. The van der Waals surface area contributed by atoms with Crippen LogP contribution in [0.5, 0.6) is 0 Å². The summed E-state index contributed by atoms with van der Waals surface area (Å²) in [6.07, 6.45) is -6.33. The maximum Gasteiger partial charge on any atom is 0.418 e. The monoisotopic (exact) mass is 510 g/mol. The molecule has 9 nitrogen and oxygen atoms in total. The van der Waals surface area contributed by atoms with Crippen LogP contribution in [-0.4, -0.2) is 47.9 Å². The first-order chi connectivity index (χ1) is 17.0. The summed E-state index contributed by atoms with van der Waals surface area (Å²) in [5.74, 6) is -0.109. The maximum atomic E-state index is 13.8. The fraction of sp³-hybridized carbons (Fsp3) is 0.238. The molecule has 0 aliphatic carbocycles. The van der Waals surface area contributed by atoms with Crippen LogP contribution in [0.1, 0.15) is 18.1 Å². The SMILES string of the molecule is CC(CO)Nc1cc(C(F)(F)F)c(-c2cnc3c(Nc4ccc(C(F)(F)F)cn4)ccnc3n2)nn1. The summed E-state index contributed by atoms with van der Waals surface area (Å²) in [4.78, 5) is 16.0. The molecular weight excluding hydrogens is 494 g/mol. The van der Waals surface area contributed by atoms with Crippen LogP contribution in [0.2, 0.25) is 0 Å². The van der Waals surface area contributed by atoms with Crippen molar-refractivity contribution in [1.82, 2.24) is 30.1 Å². The second-order valence-electron chi connectivity index (χ2n) is 7.56. The molecule has 0 amide bonds. The van der Waals surface area contributed by atoms with Gasteiger partial charge in [-0.05, 0) is 31.2 Å². The summed E-state index contributed by atoms with van der Waals surface area (Å²) in [5.41, 5.74) is -2.52. The molecule has 4 aromatic heterocycles. The van der Waals surface area contributed by atoms with Crippen molar-refractivity contribution >= 4 is 28.5 Å². The first-order valence-corrected chi connectivity index (χ1v) is 10.2. The van der Waals surface area contributed by atoms with Crippen molar-refractivity contribution in [3.63, 3.8) is 0 Å². The van der Waals surface area contributed by atoms with Crippen LogP contribution in [-0.2, 0) is 12.4 Å². The lowest BCUT2D eigenvalue weighted by Crippen LogP contribution is -2.21. The van der Waals surface area contributed by atoms with E-state index in [1.165, 1.54) is 12.3 Å². The highest BCUT2D eigenvalue weighted by Gasteiger charge is 2.36. The number of aliphatic hydroxyl groups is 1. The predicted molar refractivity (Wildman–Crippen MR) is 116 cm³/mol. The van der Waals surface area contributed by atoms with Crippen LogP contribution in [0.25, 0.3) is 22.6 Å². The second-order valence-corrected chi connectivity index (χ2v) is 7.56. The van der Waals surface area contributed by atoms with E-state index in [1.54, 1.807) is 6.92 Å². The maximum absolute atomic E-state index is 13.8. The zero-order valence-electron chi connectivity index (χ0n) is 18.2. The first-order valence-electron chi connectivity index (χ1n) is 10.2. The topological polar surface area (TPSA) is 122 Å². The van der Waals surface area contributed by atoms with Crippen molar-refractivity contribution in [2.75, 3.05) is 17.2 Å². The van der Waals surface area contributed by atoms with Gasteiger partial charge < -0.3 is 15.7 Å². The van der Waals surface area contributed by atoms with E-state index in [4.69, 9.17) is 5.11 Å². The number of fused-ring (bicyclic) bond motifs is 1. The molecular formula is C21H16F6N8O. The number of rotatable bonds is 6. The van der Waals surface area contributed by atoms with E-state index < -0.39 is 35.2 Å². The quantitative estimate of drug-likeness (QED) is 0.323. The van der Waals surface area contributed by atoms with Gasteiger partial charge in [0.25, 0.3) is 0 Å². The molecule has 0 radical (unpaired) electrons. The Bertz CT molecular complexity index is 1380. The Balaban J connectivity index is 1.69. The Labute approximate surface area is 198 Å². The van der Waals surface area contributed by atoms with Crippen molar-refractivity contribution < 1.29 is 31.4 Å². The molecule has 0 spiro atoms. The normalized spacial score (nSPS) is 13.0. The molecule has 1 atom stereocenters. The largest absolute Gasteiger partial charge is 0.418 e. The molecule has 0 saturated carbocycles. The average Bonchev–Trinajstić information content (AvgIpc) is 2.83. The number of aromatic nitrogens is 6. The fourth-order valence-electron chi connectivity index (χ4n) is 3.07. The highest BCUT2D eigenvalue weighted by molar-refractivity contribution is 5.87. The molecule has 15 heteroatoms. The van der Waals surface area contributed by atoms with Crippen molar-refractivity contribution in [3.8, 4) is 11.4 Å². The minimum absolute atomic E-state index is 0.0459. The summed E-state index contributed by atoms with van der Waals surface area (Å²) in [5, 5.41) is 21.9. The van der Waals surface area contributed by atoms with Gasteiger partial charge in [-0.1, -0.05) is 0 Å². The van der Waals surface area contributed by atoms with E-state index in [9.17, 15) is 26.3 Å². The lowest BCUT2D eigenvalue weighted by atomic mass is 10.1. The number of nitrogens with one attached hydrogen (secondary N) is 2. The zero-order valence-corrected chi connectivity index (χ0v) is 18.2. The van der Waals surface area contributed by atoms with Crippen molar-refractivity contribution in [2.24, 2.45) is 0 Å². The number of nitrogens with zero attached hydrogens (tertiary/aromatic N) is 6. The molecule has 0 aliphatic rings. The number of halogens is 6. The third-order valence-electron chi connectivity index (χ3n) is 4.81. The molecule has 0 aliphatic heterocycles. The Kier molecular flexibility index (Phi) is 6.58. The molecule has 0 aromatic carbocycles. The van der Waals surface area contributed by atoms with E-state index in [-0.39, 0.29) is 40.8 Å². The standard InChI is InChI=1S/C21H16F6N8O/c1-10(9-36)31-16-6-12(21(25,26)27)17(35-34-16)14-8-30-18-13(4-5-28-19(18)33-14)32-15-3-2-11(7-29-15)20(22,23)24/h2-8,10,36H,9H2,1H3,(H,31,34)(H,28,29,32,33). The van der Waals surface area contributed by atoms with Gasteiger partial charge in [-0.15, -0.1) is 10.2 Å². The lowest BCUT2D eigenvalue weighted by Gasteiger charge is -2.15. The predicted octanol–water partition coefficient (Wildman–Crippen LogP) is 4.45. The summed E-state index contributed by atoms with van der Waals surface area (Å²) in [6.45, 7) is 1.22. The summed E-state index contributed by atoms with van der Waals surface area (Å²) in [7, 11) is 0. The Morgan fingerprint density at radius 1 is 0.917 bits per heavy atom. The average molecular weight is 510 g/mol. The molecule has 0 saturated heterocycles. The van der Waals surface area contributed by atoms with Gasteiger partial charge in [-0.2, -0.15) is 26.3 Å². The molecule has 0 fully saturated rings. The van der Waals surface area contributed by atoms with Gasteiger partial charge in [0, 0.05) is 18.4 Å². The molecule has 3 N–H and O–H groups in total. The highest BCUT2D eigenvalue weighted by Crippen LogP contribution is 2.36. The van der Waals surface area contributed by atoms with Gasteiger partial charge in [0.1, 0.15) is 28.5 Å². The van der Waals surface area contributed by atoms with E-state index in [0.717, 1.165) is 24.4 Å². The Hall–Kier alpha value is -4.14. The van der Waals surface area contributed by atoms with E-state index >= 15 is 0 Å². The fourth-order valence-corrected chi connectivity index (χ4v) is 3.07. The summed E-state index contributed by atoms with van der Waals surface area (Å²) < 4.78 is 79.5.